The molecule has 1 aliphatic heterocycles. The fourth-order valence-corrected chi connectivity index (χ4v) is 4.14. The van der Waals surface area contributed by atoms with Crippen molar-refractivity contribution in [2.75, 3.05) is 36.4 Å². The van der Waals surface area contributed by atoms with Crippen LogP contribution in [0.2, 0.25) is 0 Å². The highest BCUT2D eigenvalue weighted by molar-refractivity contribution is 6.00. The van der Waals surface area contributed by atoms with Gasteiger partial charge in [0.05, 0.1) is 16.8 Å². The lowest BCUT2D eigenvalue weighted by Gasteiger charge is -2.38. The lowest BCUT2D eigenvalue weighted by Crippen LogP contribution is -2.50. The molecule has 1 saturated heterocycles. The molecule has 7 nitrogen and oxygen atoms in total. The fourth-order valence-electron chi connectivity index (χ4n) is 4.14. The van der Waals surface area contributed by atoms with E-state index >= 15 is 0 Å². The van der Waals surface area contributed by atoms with E-state index in [1.165, 1.54) is 6.07 Å². The van der Waals surface area contributed by atoms with Crippen LogP contribution < -0.4 is 10.2 Å². The van der Waals surface area contributed by atoms with Gasteiger partial charge in [0.1, 0.15) is 5.82 Å². The molecule has 2 aromatic carbocycles. The van der Waals surface area contributed by atoms with E-state index in [-0.39, 0.29) is 17.5 Å². The van der Waals surface area contributed by atoms with Gasteiger partial charge in [0.25, 0.3) is 0 Å². The molecule has 1 unspecified atom stereocenters. The van der Waals surface area contributed by atoms with Gasteiger partial charge in [-0.2, -0.15) is 0 Å². The second-order valence-corrected chi connectivity index (χ2v) is 8.17. The molecule has 0 spiro atoms. The molecule has 32 heavy (non-hydrogen) atoms. The molecule has 0 saturated carbocycles. The number of piperazine rings is 1. The third-order valence-electron chi connectivity index (χ3n) is 6.07. The van der Waals surface area contributed by atoms with Crippen LogP contribution in [0.3, 0.4) is 0 Å². The molecule has 1 fully saturated rings. The topological polar surface area (TPSA) is 85.8 Å². The van der Waals surface area contributed by atoms with E-state index < -0.39 is 5.97 Å². The van der Waals surface area contributed by atoms with Gasteiger partial charge in [0.2, 0.25) is 5.91 Å². The number of benzene rings is 2. The molecule has 1 amide bonds. The Morgan fingerprint density at radius 3 is 2.50 bits per heavy atom. The minimum Gasteiger partial charge on any atom is -0.478 e. The molecule has 0 bridgehead atoms. The number of hydrogen-bond donors (Lipinski definition) is 2. The Kier molecular flexibility index (Phi) is 6.66. The molecular formula is C25H28N4O3. The minimum atomic E-state index is -1.05. The smallest absolute Gasteiger partial charge is 0.337 e. The molecule has 1 atom stereocenters. The number of nitrogens with one attached hydrogen (secondary N) is 1. The number of carbonyl (C=O) groups excluding carboxylic acids is 1. The Morgan fingerprint density at radius 1 is 1.00 bits per heavy atom. The highest BCUT2D eigenvalue weighted by atomic mass is 16.4. The highest BCUT2D eigenvalue weighted by Gasteiger charge is 2.22. The number of carbonyl (C=O) groups is 2. The monoisotopic (exact) mass is 432 g/mol. The van der Waals surface area contributed by atoms with Crippen LogP contribution in [-0.4, -0.2) is 59.1 Å². The Bertz CT molecular complexity index is 1110. The van der Waals surface area contributed by atoms with Crippen molar-refractivity contribution in [3.8, 4) is 0 Å². The SMILES string of the molecule is CC(CCC(=O)Nc1ccccc1C(=O)O)N1CCN(c2ccc3ccccc3n2)CC1. The van der Waals surface area contributed by atoms with Gasteiger partial charge in [-0.25, -0.2) is 9.78 Å². The van der Waals surface area contributed by atoms with Crippen molar-refractivity contribution in [3.63, 3.8) is 0 Å². The lowest BCUT2D eigenvalue weighted by atomic mass is 10.1. The van der Waals surface area contributed by atoms with Crippen molar-refractivity contribution in [3.05, 3.63) is 66.2 Å². The van der Waals surface area contributed by atoms with Crippen LogP contribution in [0, 0.1) is 0 Å². The van der Waals surface area contributed by atoms with Gasteiger partial charge in [-0.15, -0.1) is 0 Å². The number of carboxylic acids is 1. The number of pyridine rings is 1. The van der Waals surface area contributed by atoms with Crippen LogP contribution in [0.15, 0.2) is 60.7 Å². The molecule has 7 heteroatoms. The molecule has 3 aromatic rings. The van der Waals surface area contributed by atoms with Crippen molar-refractivity contribution in [1.82, 2.24) is 9.88 Å². The van der Waals surface area contributed by atoms with E-state index in [9.17, 15) is 14.7 Å². The molecule has 1 aromatic heterocycles. The minimum absolute atomic E-state index is 0.104. The number of para-hydroxylation sites is 2. The maximum atomic E-state index is 12.4. The molecule has 0 radical (unpaired) electrons. The van der Waals surface area contributed by atoms with Gasteiger partial charge in [-0.1, -0.05) is 30.3 Å². The Labute approximate surface area is 187 Å². The Balaban J connectivity index is 1.27. The normalized spacial score (nSPS) is 15.5. The maximum absolute atomic E-state index is 12.4. The van der Waals surface area contributed by atoms with E-state index in [4.69, 9.17) is 4.98 Å². The number of fused-ring (bicyclic) bond motifs is 1. The molecule has 0 aliphatic carbocycles. The van der Waals surface area contributed by atoms with Crippen LogP contribution in [-0.2, 0) is 4.79 Å². The summed E-state index contributed by atoms with van der Waals surface area (Å²) in [6, 6.07) is 19.1. The van der Waals surface area contributed by atoms with Crippen LogP contribution in [0.25, 0.3) is 10.9 Å². The summed E-state index contributed by atoms with van der Waals surface area (Å²) >= 11 is 0. The summed E-state index contributed by atoms with van der Waals surface area (Å²) in [5.74, 6) is -0.204. The summed E-state index contributed by atoms with van der Waals surface area (Å²) in [7, 11) is 0. The van der Waals surface area contributed by atoms with Crippen LogP contribution in [0.5, 0.6) is 0 Å². The fraction of sp³-hybridized carbons (Fsp3) is 0.320. The Hall–Kier alpha value is -3.45. The highest BCUT2D eigenvalue weighted by Crippen LogP contribution is 2.21. The van der Waals surface area contributed by atoms with Crippen molar-refractivity contribution in [1.29, 1.82) is 0 Å². The van der Waals surface area contributed by atoms with Crippen LogP contribution in [0.1, 0.15) is 30.1 Å². The van der Waals surface area contributed by atoms with Gasteiger partial charge in [0, 0.05) is 44.0 Å². The predicted octanol–water partition coefficient (Wildman–Crippen LogP) is 3.86. The quantitative estimate of drug-likeness (QED) is 0.590. The largest absolute Gasteiger partial charge is 0.478 e. The second kappa shape index (κ2) is 9.78. The summed E-state index contributed by atoms with van der Waals surface area (Å²) < 4.78 is 0. The first-order valence-corrected chi connectivity index (χ1v) is 11.0. The second-order valence-electron chi connectivity index (χ2n) is 8.17. The molecule has 4 rings (SSSR count). The van der Waals surface area contributed by atoms with Crippen LogP contribution >= 0.6 is 0 Å². The number of hydrogen-bond acceptors (Lipinski definition) is 5. The number of aromatic nitrogens is 1. The maximum Gasteiger partial charge on any atom is 0.337 e. The number of nitrogens with zero attached hydrogens (tertiary/aromatic N) is 3. The van der Waals surface area contributed by atoms with Crippen molar-refractivity contribution in [2.24, 2.45) is 0 Å². The zero-order chi connectivity index (χ0) is 22.5. The van der Waals surface area contributed by atoms with Crippen molar-refractivity contribution in [2.45, 2.75) is 25.8 Å². The van der Waals surface area contributed by atoms with E-state index in [0.29, 0.717) is 12.1 Å². The molecule has 2 N–H and O–H groups in total. The first-order chi connectivity index (χ1) is 15.5. The summed E-state index contributed by atoms with van der Waals surface area (Å²) in [5, 5.41) is 13.1. The molecule has 166 valence electrons. The number of aromatic carboxylic acids is 1. The summed E-state index contributed by atoms with van der Waals surface area (Å²) in [6.07, 6.45) is 1.07. The van der Waals surface area contributed by atoms with Crippen molar-refractivity contribution >= 4 is 34.3 Å². The Morgan fingerprint density at radius 2 is 1.72 bits per heavy atom. The number of anilines is 2. The predicted molar refractivity (Wildman–Crippen MR) is 126 cm³/mol. The zero-order valence-electron chi connectivity index (χ0n) is 18.2. The number of amides is 1. The molecule has 2 heterocycles. The van der Waals surface area contributed by atoms with E-state index in [0.717, 1.165) is 49.3 Å². The van der Waals surface area contributed by atoms with E-state index in [1.807, 2.05) is 18.2 Å². The van der Waals surface area contributed by atoms with Crippen LogP contribution in [0.4, 0.5) is 11.5 Å². The summed E-state index contributed by atoms with van der Waals surface area (Å²) in [4.78, 5) is 33.2. The lowest BCUT2D eigenvalue weighted by molar-refractivity contribution is -0.116. The van der Waals surface area contributed by atoms with Gasteiger partial charge in [-0.3, -0.25) is 9.69 Å². The van der Waals surface area contributed by atoms with E-state index in [1.54, 1.807) is 18.2 Å². The third kappa shape index (κ3) is 5.06. The third-order valence-corrected chi connectivity index (χ3v) is 6.07. The van der Waals surface area contributed by atoms with Gasteiger partial charge in [-0.05, 0) is 43.7 Å². The average Bonchev–Trinajstić information content (AvgIpc) is 2.82. The molecule has 1 aliphatic rings. The van der Waals surface area contributed by atoms with E-state index in [2.05, 4.69) is 40.2 Å². The van der Waals surface area contributed by atoms with Gasteiger partial charge >= 0.3 is 5.97 Å². The summed E-state index contributed by atoms with van der Waals surface area (Å²) in [5.41, 5.74) is 1.46. The van der Waals surface area contributed by atoms with Gasteiger partial charge in [0.15, 0.2) is 0 Å². The van der Waals surface area contributed by atoms with Crippen molar-refractivity contribution < 1.29 is 14.7 Å². The number of carboxylic acid groups (broad SMARTS) is 1. The standard InChI is InChI=1S/C25H28N4O3/c1-18(10-13-24(30)27-22-9-5-3-7-20(22)25(31)32)28-14-16-29(17-15-28)23-12-11-19-6-2-4-8-21(19)26-23/h2-9,11-12,18H,10,13-17H2,1H3,(H,27,30)(H,31,32). The number of rotatable bonds is 7. The van der Waals surface area contributed by atoms with Gasteiger partial charge < -0.3 is 15.3 Å². The average molecular weight is 433 g/mol. The molecular weight excluding hydrogens is 404 g/mol. The summed E-state index contributed by atoms with van der Waals surface area (Å²) in [6.45, 7) is 5.77. The first kappa shape index (κ1) is 21.8. The first-order valence-electron chi connectivity index (χ1n) is 11.0. The zero-order valence-corrected chi connectivity index (χ0v) is 18.2.